The Kier molecular flexibility index (Phi) is 8.36. The molecule has 1 aromatic heterocycles. The van der Waals surface area contributed by atoms with Gasteiger partial charge in [0.2, 0.25) is 0 Å². The van der Waals surface area contributed by atoms with Gasteiger partial charge in [0.05, 0.1) is 17.0 Å². The number of hydrogen-bond donors (Lipinski definition) is 1. The molecule has 0 saturated carbocycles. The van der Waals surface area contributed by atoms with E-state index in [1.807, 2.05) is 61.3 Å². The highest BCUT2D eigenvalue weighted by molar-refractivity contribution is 5.95. The van der Waals surface area contributed by atoms with Crippen LogP contribution in [-0.2, 0) is 0 Å². The fourth-order valence-corrected chi connectivity index (χ4v) is 3.12. The van der Waals surface area contributed by atoms with Crippen molar-refractivity contribution in [2.45, 2.75) is 25.8 Å². The monoisotopic (exact) mass is 381 g/mol. The van der Waals surface area contributed by atoms with Gasteiger partial charge in [0.25, 0.3) is 5.91 Å². The molecule has 1 fully saturated rings. The van der Waals surface area contributed by atoms with E-state index in [1.54, 1.807) is 0 Å². The molecule has 1 aliphatic heterocycles. The van der Waals surface area contributed by atoms with Crippen LogP contribution >= 0.6 is 24.8 Å². The number of aromatic nitrogens is 1. The van der Waals surface area contributed by atoms with E-state index < -0.39 is 0 Å². The van der Waals surface area contributed by atoms with E-state index in [2.05, 4.69) is 10.3 Å². The summed E-state index contributed by atoms with van der Waals surface area (Å²) in [7, 11) is 1.96. The van der Waals surface area contributed by atoms with Crippen LogP contribution in [0, 0.1) is 6.92 Å². The van der Waals surface area contributed by atoms with E-state index in [0.29, 0.717) is 11.6 Å². The fourth-order valence-electron chi connectivity index (χ4n) is 3.12. The molecule has 1 atom stereocenters. The number of pyridine rings is 1. The zero-order chi connectivity index (χ0) is 16.2. The van der Waals surface area contributed by atoms with Gasteiger partial charge in [-0.2, -0.15) is 0 Å². The third kappa shape index (κ3) is 4.94. The lowest BCUT2D eigenvalue weighted by Gasteiger charge is -2.32. The van der Waals surface area contributed by atoms with Gasteiger partial charge < -0.3 is 10.2 Å². The lowest BCUT2D eigenvalue weighted by Crippen LogP contribution is -2.47. The minimum atomic E-state index is 0. The Morgan fingerprint density at radius 1 is 1.16 bits per heavy atom. The van der Waals surface area contributed by atoms with Gasteiger partial charge in [0, 0.05) is 24.7 Å². The molecule has 0 spiro atoms. The number of likely N-dealkylation sites (N-methyl/N-ethyl adjacent to an activating group) is 1. The van der Waals surface area contributed by atoms with Gasteiger partial charge in [-0.1, -0.05) is 30.3 Å². The van der Waals surface area contributed by atoms with Crippen LogP contribution in [0.15, 0.2) is 42.5 Å². The van der Waals surface area contributed by atoms with Crippen LogP contribution in [-0.4, -0.2) is 42.0 Å². The molecule has 136 valence electrons. The van der Waals surface area contributed by atoms with Crippen molar-refractivity contribution in [3.8, 4) is 11.3 Å². The van der Waals surface area contributed by atoms with Crippen molar-refractivity contribution in [3.05, 3.63) is 53.7 Å². The molecule has 1 aromatic carbocycles. The second kappa shape index (κ2) is 9.76. The van der Waals surface area contributed by atoms with E-state index in [1.165, 1.54) is 0 Å². The summed E-state index contributed by atoms with van der Waals surface area (Å²) in [6.45, 7) is 3.52. The third-order valence-electron chi connectivity index (χ3n) is 4.50. The third-order valence-corrected chi connectivity index (χ3v) is 4.50. The Hall–Kier alpha value is -1.62. The van der Waals surface area contributed by atoms with Gasteiger partial charge in [-0.3, -0.25) is 9.78 Å². The maximum Gasteiger partial charge on any atom is 0.255 e. The first-order valence-electron chi connectivity index (χ1n) is 8.18. The molecule has 6 heteroatoms. The Balaban J connectivity index is 0.00000156. The van der Waals surface area contributed by atoms with E-state index in [4.69, 9.17) is 0 Å². The number of benzene rings is 1. The van der Waals surface area contributed by atoms with Crippen LogP contribution in [0.3, 0.4) is 0 Å². The number of aryl methyl sites for hydroxylation is 1. The number of carbonyl (C=O) groups is 1. The number of amides is 1. The normalized spacial score (nSPS) is 16.6. The van der Waals surface area contributed by atoms with Crippen molar-refractivity contribution in [2.75, 3.05) is 20.1 Å². The molecule has 0 aliphatic carbocycles. The Morgan fingerprint density at radius 3 is 2.52 bits per heavy atom. The van der Waals surface area contributed by atoms with E-state index >= 15 is 0 Å². The largest absolute Gasteiger partial charge is 0.337 e. The zero-order valence-electron chi connectivity index (χ0n) is 14.6. The first-order valence-corrected chi connectivity index (χ1v) is 8.18. The first-order chi connectivity index (χ1) is 11.2. The Bertz CT molecular complexity index is 694. The van der Waals surface area contributed by atoms with Crippen LogP contribution < -0.4 is 5.32 Å². The van der Waals surface area contributed by atoms with Crippen LogP contribution in [0.2, 0.25) is 0 Å². The predicted molar refractivity (Wildman–Crippen MR) is 107 cm³/mol. The highest BCUT2D eigenvalue weighted by Gasteiger charge is 2.24. The summed E-state index contributed by atoms with van der Waals surface area (Å²) >= 11 is 0. The molecule has 1 amide bonds. The Labute approximate surface area is 161 Å². The molecule has 1 saturated heterocycles. The number of halogens is 2. The van der Waals surface area contributed by atoms with Crippen molar-refractivity contribution >= 4 is 30.7 Å². The lowest BCUT2D eigenvalue weighted by atomic mass is 10.0. The number of nitrogens with zero attached hydrogens (tertiary/aromatic N) is 2. The van der Waals surface area contributed by atoms with Crippen LogP contribution in [0.5, 0.6) is 0 Å². The second-order valence-corrected chi connectivity index (χ2v) is 6.07. The molecule has 1 aliphatic rings. The van der Waals surface area contributed by atoms with Gasteiger partial charge in [0.15, 0.2) is 0 Å². The average Bonchev–Trinajstić information content (AvgIpc) is 2.62. The van der Waals surface area contributed by atoms with Crippen molar-refractivity contribution in [3.63, 3.8) is 0 Å². The van der Waals surface area contributed by atoms with Crippen molar-refractivity contribution in [1.29, 1.82) is 0 Å². The van der Waals surface area contributed by atoms with Crippen molar-refractivity contribution in [2.24, 2.45) is 0 Å². The molecule has 1 unspecified atom stereocenters. The SMILES string of the molecule is CNC1CCCN(C(=O)c2ccc(-c3ccccc3)nc2C)C1.Cl.Cl. The highest BCUT2D eigenvalue weighted by Crippen LogP contribution is 2.20. The molecule has 3 rings (SSSR count). The summed E-state index contributed by atoms with van der Waals surface area (Å²) in [5.74, 6) is 0.0922. The van der Waals surface area contributed by atoms with Gasteiger partial charge in [-0.25, -0.2) is 0 Å². The standard InChI is InChI=1S/C19H23N3O.2ClH/c1-14-17(19(23)22-12-6-9-16(13-22)20-2)10-11-18(21-14)15-7-4-3-5-8-15;;/h3-5,7-8,10-11,16,20H,6,9,12-13H2,1-2H3;2*1H. The number of rotatable bonds is 3. The summed E-state index contributed by atoms with van der Waals surface area (Å²) in [6.07, 6.45) is 2.18. The van der Waals surface area contributed by atoms with Crippen LogP contribution in [0.1, 0.15) is 28.9 Å². The smallest absolute Gasteiger partial charge is 0.255 e. The molecule has 2 aromatic rings. The molecular weight excluding hydrogens is 357 g/mol. The Morgan fingerprint density at radius 2 is 1.88 bits per heavy atom. The molecule has 2 heterocycles. The van der Waals surface area contributed by atoms with Crippen LogP contribution in [0.4, 0.5) is 0 Å². The molecule has 0 radical (unpaired) electrons. The summed E-state index contributed by atoms with van der Waals surface area (Å²) < 4.78 is 0. The lowest BCUT2D eigenvalue weighted by molar-refractivity contribution is 0.0697. The minimum absolute atomic E-state index is 0. The summed E-state index contributed by atoms with van der Waals surface area (Å²) in [5, 5.41) is 3.28. The maximum absolute atomic E-state index is 12.8. The molecule has 1 N–H and O–H groups in total. The first kappa shape index (κ1) is 21.4. The minimum Gasteiger partial charge on any atom is -0.337 e. The summed E-state index contributed by atoms with van der Waals surface area (Å²) in [6, 6.07) is 14.3. The van der Waals surface area contributed by atoms with Crippen molar-refractivity contribution < 1.29 is 4.79 Å². The highest BCUT2D eigenvalue weighted by atomic mass is 35.5. The topological polar surface area (TPSA) is 45.2 Å². The van der Waals surface area contributed by atoms with Crippen LogP contribution in [0.25, 0.3) is 11.3 Å². The quantitative estimate of drug-likeness (QED) is 0.880. The molecule has 4 nitrogen and oxygen atoms in total. The number of nitrogens with one attached hydrogen (secondary N) is 1. The van der Waals surface area contributed by atoms with Gasteiger partial charge in [-0.05, 0) is 38.9 Å². The van der Waals surface area contributed by atoms with E-state index in [0.717, 1.165) is 42.9 Å². The van der Waals surface area contributed by atoms with Gasteiger partial charge in [0.1, 0.15) is 0 Å². The predicted octanol–water partition coefficient (Wildman–Crippen LogP) is 3.72. The number of carbonyl (C=O) groups excluding carboxylic acids is 1. The number of piperidine rings is 1. The molecular formula is C19H25Cl2N3O. The summed E-state index contributed by atoms with van der Waals surface area (Å²) in [5.41, 5.74) is 3.48. The average molecular weight is 382 g/mol. The second-order valence-electron chi connectivity index (χ2n) is 6.07. The van der Waals surface area contributed by atoms with Crippen molar-refractivity contribution in [1.82, 2.24) is 15.2 Å². The van der Waals surface area contributed by atoms with E-state index in [9.17, 15) is 4.79 Å². The number of likely N-dealkylation sites (tertiary alicyclic amines) is 1. The molecule has 25 heavy (non-hydrogen) atoms. The zero-order valence-corrected chi connectivity index (χ0v) is 16.2. The summed E-state index contributed by atoms with van der Waals surface area (Å²) in [4.78, 5) is 19.4. The van der Waals surface area contributed by atoms with E-state index in [-0.39, 0.29) is 30.7 Å². The molecule has 0 bridgehead atoms. The van der Waals surface area contributed by atoms with Gasteiger partial charge in [-0.15, -0.1) is 24.8 Å². The number of hydrogen-bond acceptors (Lipinski definition) is 3. The fraction of sp³-hybridized carbons (Fsp3) is 0.368. The maximum atomic E-state index is 12.8. The van der Waals surface area contributed by atoms with Gasteiger partial charge >= 0.3 is 0 Å².